The first-order valence-corrected chi connectivity index (χ1v) is 7.41. The van der Waals surface area contributed by atoms with Crippen LogP contribution in [0.4, 0.5) is 0 Å². The van der Waals surface area contributed by atoms with E-state index in [1.807, 2.05) is 19.4 Å². The average Bonchev–Trinajstić information content (AvgIpc) is 2.86. The molecule has 0 atom stereocenters. The number of benzene rings is 1. The van der Waals surface area contributed by atoms with E-state index in [4.69, 9.17) is 0 Å². The van der Waals surface area contributed by atoms with Crippen LogP contribution in [0.25, 0.3) is 22.4 Å². The van der Waals surface area contributed by atoms with Gasteiger partial charge in [0, 0.05) is 12.4 Å². The average molecular weight is 300 g/mol. The predicted molar refractivity (Wildman–Crippen MR) is 80.5 cm³/mol. The third-order valence-electron chi connectivity index (χ3n) is 3.19. The van der Waals surface area contributed by atoms with Gasteiger partial charge in [-0.2, -0.15) is 0 Å². The number of aromatic nitrogens is 4. The highest BCUT2D eigenvalue weighted by molar-refractivity contribution is 7.98. The van der Waals surface area contributed by atoms with Crippen LogP contribution in [0.5, 0.6) is 0 Å². The molecule has 0 aliphatic carbocycles. The van der Waals surface area contributed by atoms with Crippen molar-refractivity contribution in [3.63, 3.8) is 0 Å². The first kappa shape index (κ1) is 13.6. The van der Waals surface area contributed by atoms with Crippen molar-refractivity contribution in [2.24, 2.45) is 7.05 Å². The number of hydrogen-bond acceptors (Lipinski definition) is 5. The van der Waals surface area contributed by atoms with Crippen molar-refractivity contribution in [1.29, 1.82) is 0 Å². The smallest absolute Gasteiger partial charge is 0.336 e. The molecule has 0 aliphatic heterocycles. The van der Waals surface area contributed by atoms with E-state index in [1.165, 1.54) is 11.8 Å². The summed E-state index contributed by atoms with van der Waals surface area (Å²) in [6.45, 7) is 0. The van der Waals surface area contributed by atoms with Crippen molar-refractivity contribution < 1.29 is 9.90 Å². The number of carboxylic acids is 1. The normalized spacial score (nSPS) is 11.0. The zero-order chi connectivity index (χ0) is 15.0. The van der Waals surface area contributed by atoms with E-state index in [0.717, 1.165) is 5.16 Å². The molecule has 0 saturated heterocycles. The van der Waals surface area contributed by atoms with Crippen molar-refractivity contribution in [3.05, 3.63) is 35.9 Å². The predicted octanol–water partition coefficient (Wildman–Crippen LogP) is 2.45. The summed E-state index contributed by atoms with van der Waals surface area (Å²) in [7, 11) is 1.83. The largest absolute Gasteiger partial charge is 0.478 e. The van der Waals surface area contributed by atoms with Gasteiger partial charge in [0.05, 0.1) is 11.1 Å². The van der Waals surface area contributed by atoms with Crippen molar-refractivity contribution >= 4 is 28.6 Å². The fraction of sp³-hybridized carbons (Fsp3) is 0.143. The molecule has 0 radical (unpaired) electrons. The molecule has 3 aromatic rings. The Morgan fingerprint density at radius 2 is 2.05 bits per heavy atom. The Balaban J connectivity index is 2.28. The van der Waals surface area contributed by atoms with Gasteiger partial charge >= 0.3 is 5.97 Å². The molecule has 1 N–H and O–H groups in total. The first-order valence-electron chi connectivity index (χ1n) is 6.18. The lowest BCUT2D eigenvalue weighted by atomic mass is 10.1. The Bertz CT molecular complexity index is 844. The zero-order valence-electron chi connectivity index (χ0n) is 11.4. The van der Waals surface area contributed by atoms with Crippen LogP contribution in [0.15, 0.2) is 35.5 Å². The first-order chi connectivity index (χ1) is 10.1. The summed E-state index contributed by atoms with van der Waals surface area (Å²) in [6.07, 6.45) is 1.91. The third kappa shape index (κ3) is 2.25. The molecule has 7 heteroatoms. The highest BCUT2D eigenvalue weighted by atomic mass is 32.2. The maximum Gasteiger partial charge on any atom is 0.336 e. The monoisotopic (exact) mass is 300 g/mol. The fourth-order valence-electron chi connectivity index (χ4n) is 2.18. The minimum Gasteiger partial charge on any atom is -0.478 e. The lowest BCUT2D eigenvalue weighted by Gasteiger charge is -2.06. The lowest BCUT2D eigenvalue weighted by Crippen LogP contribution is -2.02. The van der Waals surface area contributed by atoms with E-state index < -0.39 is 5.97 Å². The molecule has 0 amide bonds. The van der Waals surface area contributed by atoms with Gasteiger partial charge in [0.2, 0.25) is 0 Å². The van der Waals surface area contributed by atoms with E-state index in [9.17, 15) is 9.90 Å². The number of para-hydroxylation sites is 1. The van der Waals surface area contributed by atoms with Gasteiger partial charge in [0.15, 0.2) is 11.0 Å². The van der Waals surface area contributed by atoms with Gasteiger partial charge < -0.3 is 9.67 Å². The second-order valence-corrected chi connectivity index (χ2v) is 5.22. The van der Waals surface area contributed by atoms with Crippen LogP contribution in [-0.2, 0) is 7.05 Å². The molecular formula is C14H12N4O2S. The molecule has 0 bridgehead atoms. The molecule has 2 heterocycles. The van der Waals surface area contributed by atoms with E-state index in [1.54, 1.807) is 28.8 Å². The quantitative estimate of drug-likeness (QED) is 0.748. The van der Waals surface area contributed by atoms with E-state index in [2.05, 4.69) is 15.2 Å². The summed E-state index contributed by atoms with van der Waals surface area (Å²) >= 11 is 1.47. The second-order valence-electron chi connectivity index (χ2n) is 4.45. The van der Waals surface area contributed by atoms with Crippen molar-refractivity contribution in [2.75, 3.05) is 6.26 Å². The van der Waals surface area contributed by atoms with Gasteiger partial charge in [-0.1, -0.05) is 30.0 Å². The molecule has 21 heavy (non-hydrogen) atoms. The second kappa shape index (κ2) is 5.17. The minimum absolute atomic E-state index is 0.212. The Morgan fingerprint density at radius 1 is 1.29 bits per heavy atom. The number of carbonyl (C=O) groups is 1. The number of hydrogen-bond donors (Lipinski definition) is 1. The van der Waals surface area contributed by atoms with Crippen molar-refractivity contribution in [2.45, 2.75) is 5.16 Å². The number of rotatable bonds is 3. The molecule has 1 aromatic carbocycles. The molecule has 0 fully saturated rings. The molecule has 0 saturated carbocycles. The summed E-state index contributed by atoms with van der Waals surface area (Å²) in [5.41, 5.74) is 1.34. The Labute approximate surface area is 124 Å². The maximum absolute atomic E-state index is 11.5. The number of thioether (sulfide) groups is 1. The number of aromatic carboxylic acids is 1. The lowest BCUT2D eigenvalue weighted by molar-refractivity contribution is 0.0699. The van der Waals surface area contributed by atoms with Gasteiger partial charge in [-0.05, 0) is 18.4 Å². The number of carboxylic acid groups (broad SMARTS) is 1. The number of fused-ring (bicyclic) bond motifs is 1. The Kier molecular flexibility index (Phi) is 3.34. The van der Waals surface area contributed by atoms with Gasteiger partial charge in [-0.3, -0.25) is 0 Å². The van der Waals surface area contributed by atoms with Crippen molar-refractivity contribution in [1.82, 2.24) is 19.7 Å². The number of nitrogens with zero attached hydrogens (tertiary/aromatic N) is 4. The minimum atomic E-state index is -0.984. The summed E-state index contributed by atoms with van der Waals surface area (Å²) < 4.78 is 1.80. The summed E-state index contributed by atoms with van der Waals surface area (Å²) in [6, 6.07) is 8.70. The summed E-state index contributed by atoms with van der Waals surface area (Å²) in [5.74, 6) is -0.435. The van der Waals surface area contributed by atoms with Crippen LogP contribution >= 0.6 is 11.8 Å². The maximum atomic E-state index is 11.5. The molecule has 0 aliphatic rings. The molecule has 6 nitrogen and oxygen atoms in total. The van der Waals surface area contributed by atoms with Crippen molar-refractivity contribution in [3.8, 4) is 11.5 Å². The van der Waals surface area contributed by atoms with Gasteiger partial charge in [0.25, 0.3) is 0 Å². The molecule has 0 spiro atoms. The molecule has 3 rings (SSSR count). The molecular weight excluding hydrogens is 288 g/mol. The standard InChI is InChI=1S/C14H12N4O2S/c1-18-12(16-17-14(18)21-2)11-7-9(13(19)20)8-5-3-4-6-10(8)15-11/h3-7H,1-2H3,(H,19,20). The number of pyridine rings is 1. The molecule has 2 aromatic heterocycles. The van der Waals surface area contributed by atoms with E-state index >= 15 is 0 Å². The van der Waals surface area contributed by atoms with Crippen LogP contribution in [-0.4, -0.2) is 37.1 Å². The van der Waals surface area contributed by atoms with Crippen LogP contribution in [0, 0.1) is 0 Å². The molecule has 106 valence electrons. The van der Waals surface area contributed by atoms with Gasteiger partial charge in [-0.25, -0.2) is 9.78 Å². The van der Waals surface area contributed by atoms with Crippen LogP contribution in [0.1, 0.15) is 10.4 Å². The Morgan fingerprint density at radius 3 is 2.71 bits per heavy atom. The Hall–Kier alpha value is -2.41. The van der Waals surface area contributed by atoms with Crippen LogP contribution < -0.4 is 0 Å². The van der Waals surface area contributed by atoms with Crippen LogP contribution in [0.3, 0.4) is 0 Å². The fourth-order valence-corrected chi connectivity index (χ4v) is 2.67. The van der Waals surface area contributed by atoms with E-state index in [-0.39, 0.29) is 5.56 Å². The van der Waals surface area contributed by atoms with Gasteiger partial charge in [-0.15, -0.1) is 10.2 Å². The highest BCUT2D eigenvalue weighted by Crippen LogP contribution is 2.25. The summed E-state index contributed by atoms with van der Waals surface area (Å²) in [4.78, 5) is 16.0. The molecule has 0 unspecified atom stereocenters. The third-order valence-corrected chi connectivity index (χ3v) is 3.91. The SMILES string of the molecule is CSc1nnc(-c2cc(C(=O)O)c3ccccc3n2)n1C. The summed E-state index contributed by atoms with van der Waals surface area (Å²) in [5, 5.41) is 18.9. The highest BCUT2D eigenvalue weighted by Gasteiger charge is 2.16. The zero-order valence-corrected chi connectivity index (χ0v) is 12.3. The van der Waals surface area contributed by atoms with E-state index in [0.29, 0.717) is 22.4 Å². The van der Waals surface area contributed by atoms with Crippen LogP contribution in [0.2, 0.25) is 0 Å². The van der Waals surface area contributed by atoms with Gasteiger partial charge in [0.1, 0.15) is 5.69 Å². The topological polar surface area (TPSA) is 80.9 Å².